The SMILES string of the molecule is [B]c1cc2c(cc1Nc1ccc(-c3ccccc3)cc1)C(C)(C)CCC2(C)C. The number of hydrogen-bond donors (Lipinski definition) is 1. The van der Waals surface area contributed by atoms with E-state index in [9.17, 15) is 0 Å². The van der Waals surface area contributed by atoms with E-state index in [4.69, 9.17) is 7.85 Å². The van der Waals surface area contributed by atoms with E-state index in [1.54, 1.807) is 0 Å². The number of benzene rings is 3. The molecule has 3 aromatic rings. The molecule has 2 radical (unpaired) electrons. The molecule has 0 amide bonds. The zero-order valence-electron chi connectivity index (χ0n) is 17.3. The van der Waals surface area contributed by atoms with Gasteiger partial charge in [0.15, 0.2) is 0 Å². The van der Waals surface area contributed by atoms with E-state index in [1.807, 2.05) is 6.07 Å². The second kappa shape index (κ2) is 6.85. The van der Waals surface area contributed by atoms with Crippen LogP contribution >= 0.6 is 0 Å². The van der Waals surface area contributed by atoms with Gasteiger partial charge in [0.05, 0.1) is 0 Å². The molecule has 0 saturated carbocycles. The normalized spacial score (nSPS) is 17.0. The molecule has 3 aromatic carbocycles. The van der Waals surface area contributed by atoms with Crippen LogP contribution in [0.25, 0.3) is 11.1 Å². The highest BCUT2D eigenvalue weighted by Gasteiger charge is 2.37. The maximum atomic E-state index is 6.46. The minimum absolute atomic E-state index is 0.173. The lowest BCUT2D eigenvalue weighted by Gasteiger charge is -2.42. The molecule has 2 heteroatoms. The molecule has 0 fully saturated rings. The molecule has 0 unspecified atom stereocenters. The molecule has 0 bridgehead atoms. The van der Waals surface area contributed by atoms with E-state index in [0.29, 0.717) is 0 Å². The minimum atomic E-state index is 0.173. The summed E-state index contributed by atoms with van der Waals surface area (Å²) in [5.41, 5.74) is 8.47. The molecule has 0 aromatic heterocycles. The monoisotopic (exact) mass is 365 g/mol. The van der Waals surface area contributed by atoms with E-state index in [0.717, 1.165) is 16.8 Å². The first-order valence-electron chi connectivity index (χ1n) is 10.1. The number of anilines is 2. The lowest BCUT2D eigenvalue weighted by molar-refractivity contribution is 0.332. The van der Waals surface area contributed by atoms with Crippen LogP contribution < -0.4 is 10.8 Å². The van der Waals surface area contributed by atoms with E-state index >= 15 is 0 Å². The third kappa shape index (κ3) is 3.48. The molecule has 1 nitrogen and oxygen atoms in total. The number of rotatable bonds is 3. The summed E-state index contributed by atoms with van der Waals surface area (Å²) in [7, 11) is 6.46. The van der Waals surface area contributed by atoms with Gasteiger partial charge in [-0.15, -0.1) is 0 Å². The summed E-state index contributed by atoms with van der Waals surface area (Å²) in [6.07, 6.45) is 2.39. The van der Waals surface area contributed by atoms with Crippen LogP contribution in [0.1, 0.15) is 51.7 Å². The van der Waals surface area contributed by atoms with Crippen molar-refractivity contribution in [2.75, 3.05) is 5.32 Å². The van der Waals surface area contributed by atoms with Gasteiger partial charge in [-0.2, -0.15) is 0 Å². The third-order valence-corrected chi connectivity index (χ3v) is 6.29. The number of fused-ring (bicyclic) bond motifs is 1. The van der Waals surface area contributed by atoms with Crippen molar-refractivity contribution >= 4 is 24.7 Å². The summed E-state index contributed by atoms with van der Waals surface area (Å²) in [6, 6.07) is 23.5. The molecule has 140 valence electrons. The fraction of sp³-hybridized carbons (Fsp3) is 0.308. The summed E-state index contributed by atoms with van der Waals surface area (Å²) >= 11 is 0. The Morgan fingerprint density at radius 1 is 0.714 bits per heavy atom. The Labute approximate surface area is 170 Å². The summed E-state index contributed by atoms with van der Waals surface area (Å²) in [5, 5.41) is 3.54. The van der Waals surface area contributed by atoms with Gasteiger partial charge in [-0.1, -0.05) is 81.7 Å². The lowest BCUT2D eigenvalue weighted by Crippen LogP contribution is -2.35. The van der Waals surface area contributed by atoms with E-state index in [2.05, 4.69) is 93.7 Å². The molecular formula is C26H28BN. The topological polar surface area (TPSA) is 12.0 Å². The van der Waals surface area contributed by atoms with Gasteiger partial charge in [0.2, 0.25) is 0 Å². The van der Waals surface area contributed by atoms with Crippen LogP contribution in [0, 0.1) is 0 Å². The summed E-state index contributed by atoms with van der Waals surface area (Å²) < 4.78 is 0. The Balaban J connectivity index is 1.66. The predicted octanol–water partition coefficient (Wildman–Crippen LogP) is 6.24. The molecule has 1 N–H and O–H groups in total. The molecular weight excluding hydrogens is 337 g/mol. The van der Waals surface area contributed by atoms with Crippen LogP contribution in [0.2, 0.25) is 0 Å². The first kappa shape index (κ1) is 18.9. The van der Waals surface area contributed by atoms with Crippen LogP contribution in [0.4, 0.5) is 11.4 Å². The predicted molar refractivity (Wildman–Crippen MR) is 122 cm³/mol. The molecule has 0 heterocycles. The van der Waals surface area contributed by atoms with Crippen LogP contribution in [0.5, 0.6) is 0 Å². The Morgan fingerprint density at radius 2 is 1.25 bits per heavy atom. The van der Waals surface area contributed by atoms with Crippen molar-refractivity contribution < 1.29 is 0 Å². The first-order valence-corrected chi connectivity index (χ1v) is 10.1. The average Bonchev–Trinajstić information content (AvgIpc) is 2.68. The van der Waals surface area contributed by atoms with Crippen LogP contribution in [-0.4, -0.2) is 7.85 Å². The summed E-state index contributed by atoms with van der Waals surface area (Å²) in [5.74, 6) is 0. The Hall–Kier alpha value is -2.48. The van der Waals surface area contributed by atoms with Crippen LogP contribution in [-0.2, 0) is 10.8 Å². The van der Waals surface area contributed by atoms with Gasteiger partial charge < -0.3 is 5.32 Å². The fourth-order valence-electron chi connectivity index (χ4n) is 4.27. The van der Waals surface area contributed by atoms with Crippen molar-refractivity contribution in [1.29, 1.82) is 0 Å². The van der Waals surface area contributed by atoms with Gasteiger partial charge >= 0.3 is 0 Å². The summed E-state index contributed by atoms with van der Waals surface area (Å²) in [4.78, 5) is 0. The van der Waals surface area contributed by atoms with E-state index in [1.165, 1.54) is 35.1 Å². The highest BCUT2D eigenvalue weighted by atomic mass is 14.9. The molecule has 0 saturated heterocycles. The molecule has 0 spiro atoms. The van der Waals surface area contributed by atoms with Gasteiger partial charge in [0, 0.05) is 11.4 Å². The third-order valence-electron chi connectivity index (χ3n) is 6.29. The van der Waals surface area contributed by atoms with Crippen molar-refractivity contribution in [1.82, 2.24) is 0 Å². The van der Waals surface area contributed by atoms with Crippen molar-refractivity contribution in [3.05, 3.63) is 77.9 Å². The Bertz CT molecular complexity index is 985. The van der Waals surface area contributed by atoms with Gasteiger partial charge in [0.25, 0.3) is 0 Å². The summed E-state index contributed by atoms with van der Waals surface area (Å²) in [6.45, 7) is 9.34. The quantitative estimate of drug-likeness (QED) is 0.542. The van der Waals surface area contributed by atoms with Crippen LogP contribution in [0.15, 0.2) is 66.7 Å². The first-order chi connectivity index (χ1) is 13.3. The van der Waals surface area contributed by atoms with E-state index < -0.39 is 0 Å². The second-order valence-electron chi connectivity index (χ2n) is 9.32. The maximum Gasteiger partial charge on any atom is 0.116 e. The Kier molecular flexibility index (Phi) is 4.61. The highest BCUT2D eigenvalue weighted by molar-refractivity contribution is 6.36. The molecule has 4 rings (SSSR count). The van der Waals surface area contributed by atoms with Crippen LogP contribution in [0.3, 0.4) is 0 Å². The molecule has 0 atom stereocenters. The van der Waals surface area contributed by atoms with Gasteiger partial charge in [-0.25, -0.2) is 0 Å². The zero-order valence-corrected chi connectivity index (χ0v) is 17.3. The van der Waals surface area contributed by atoms with Crippen molar-refractivity contribution in [3.8, 4) is 11.1 Å². The van der Waals surface area contributed by atoms with Crippen molar-refractivity contribution in [3.63, 3.8) is 0 Å². The smallest absolute Gasteiger partial charge is 0.116 e. The molecule has 1 aliphatic rings. The number of nitrogens with one attached hydrogen (secondary N) is 1. The average molecular weight is 365 g/mol. The number of hydrogen-bond acceptors (Lipinski definition) is 1. The second-order valence-corrected chi connectivity index (χ2v) is 9.32. The van der Waals surface area contributed by atoms with Gasteiger partial charge in [-0.3, -0.25) is 0 Å². The van der Waals surface area contributed by atoms with Crippen molar-refractivity contribution in [2.24, 2.45) is 0 Å². The van der Waals surface area contributed by atoms with Gasteiger partial charge in [0.1, 0.15) is 7.85 Å². The van der Waals surface area contributed by atoms with Crippen molar-refractivity contribution in [2.45, 2.75) is 51.4 Å². The van der Waals surface area contributed by atoms with E-state index in [-0.39, 0.29) is 10.8 Å². The molecule has 28 heavy (non-hydrogen) atoms. The standard InChI is InChI=1S/C26H28BN/c1-25(2)14-15-26(3,4)22-17-24(23(27)16-21(22)25)28-20-12-10-19(11-13-20)18-8-6-5-7-9-18/h5-13,16-17,28H,14-15H2,1-4H3. The zero-order chi connectivity index (χ0) is 19.9. The Morgan fingerprint density at radius 3 is 1.86 bits per heavy atom. The highest BCUT2D eigenvalue weighted by Crippen LogP contribution is 2.46. The largest absolute Gasteiger partial charge is 0.356 e. The van der Waals surface area contributed by atoms with Gasteiger partial charge in [-0.05, 0) is 64.1 Å². The maximum absolute atomic E-state index is 6.46. The lowest BCUT2D eigenvalue weighted by atomic mass is 9.62. The molecule has 0 aliphatic heterocycles. The molecule has 1 aliphatic carbocycles. The fourth-order valence-corrected chi connectivity index (χ4v) is 4.27. The minimum Gasteiger partial charge on any atom is -0.356 e.